The number of aromatic nitrogens is 3. The average molecular weight is 394 g/mol. The van der Waals surface area contributed by atoms with Crippen LogP contribution in [0.4, 0.5) is 0 Å². The van der Waals surface area contributed by atoms with Gasteiger partial charge in [-0.3, -0.25) is 14.5 Å². The normalized spacial score (nSPS) is 19.4. The summed E-state index contributed by atoms with van der Waals surface area (Å²) in [4.78, 5) is 19.4. The van der Waals surface area contributed by atoms with Crippen molar-refractivity contribution in [3.05, 3.63) is 59.7 Å². The van der Waals surface area contributed by atoms with Crippen molar-refractivity contribution in [2.75, 3.05) is 13.1 Å². The first-order valence-corrected chi connectivity index (χ1v) is 10.9. The van der Waals surface area contributed by atoms with Gasteiger partial charge in [0.15, 0.2) is 5.69 Å². The Kier molecular flexibility index (Phi) is 6.39. The summed E-state index contributed by atoms with van der Waals surface area (Å²) >= 11 is 0. The maximum Gasteiger partial charge on any atom is 0.274 e. The number of carbonyl (C=O) groups excluding carboxylic acids is 1. The number of hydrogen-bond acceptors (Lipinski definition) is 4. The van der Waals surface area contributed by atoms with Crippen molar-refractivity contribution in [1.29, 1.82) is 0 Å². The third-order valence-electron chi connectivity index (χ3n) is 6.09. The minimum atomic E-state index is 0.112. The molecule has 154 valence electrons. The lowest BCUT2D eigenvalue weighted by Crippen LogP contribution is -2.36. The summed E-state index contributed by atoms with van der Waals surface area (Å²) in [6.45, 7) is 7.05. The molecule has 1 amide bonds. The van der Waals surface area contributed by atoms with Crippen LogP contribution in [0.5, 0.6) is 0 Å². The molecule has 1 atom stereocenters. The highest BCUT2D eigenvalue weighted by molar-refractivity contribution is 5.94. The fourth-order valence-corrected chi connectivity index (χ4v) is 4.49. The van der Waals surface area contributed by atoms with Crippen LogP contribution in [0.15, 0.2) is 37.2 Å². The fraction of sp³-hybridized carbons (Fsp3) is 0.522. The van der Waals surface area contributed by atoms with Crippen LogP contribution in [0.3, 0.4) is 0 Å². The topological polar surface area (TPSA) is 63.1 Å². The second kappa shape index (κ2) is 9.35. The zero-order valence-corrected chi connectivity index (χ0v) is 17.1. The Morgan fingerprint density at radius 1 is 1.21 bits per heavy atom. The lowest BCUT2D eigenvalue weighted by molar-refractivity contribution is 0.0753. The Bertz CT molecular complexity index is 836. The average Bonchev–Trinajstić information content (AvgIpc) is 2.92. The van der Waals surface area contributed by atoms with Gasteiger partial charge < -0.3 is 10.2 Å². The van der Waals surface area contributed by atoms with Gasteiger partial charge in [0, 0.05) is 49.3 Å². The smallest absolute Gasteiger partial charge is 0.274 e. The summed E-state index contributed by atoms with van der Waals surface area (Å²) in [6, 6.07) is 4.43. The number of carbonyl (C=O) groups is 1. The maximum absolute atomic E-state index is 13.3. The lowest BCUT2D eigenvalue weighted by atomic mass is 9.91. The van der Waals surface area contributed by atoms with E-state index in [1.54, 1.807) is 0 Å². The zero-order chi connectivity index (χ0) is 20.1. The van der Waals surface area contributed by atoms with Crippen LogP contribution in [-0.2, 0) is 25.9 Å². The highest BCUT2D eigenvalue weighted by Gasteiger charge is 2.31. The number of allylic oxidation sites excluding steroid dienone is 1. The summed E-state index contributed by atoms with van der Waals surface area (Å²) in [5.74, 6) is 0.112. The van der Waals surface area contributed by atoms with Gasteiger partial charge in [-0.1, -0.05) is 18.9 Å². The molecule has 0 aromatic carbocycles. The molecule has 1 aliphatic carbocycles. The molecule has 0 bridgehead atoms. The van der Waals surface area contributed by atoms with Crippen molar-refractivity contribution in [1.82, 2.24) is 25.0 Å². The third kappa shape index (κ3) is 4.58. The fourth-order valence-electron chi connectivity index (χ4n) is 4.49. The van der Waals surface area contributed by atoms with Gasteiger partial charge in [-0.2, -0.15) is 5.10 Å². The van der Waals surface area contributed by atoms with E-state index in [4.69, 9.17) is 5.10 Å². The number of pyridine rings is 1. The lowest BCUT2D eigenvalue weighted by Gasteiger charge is -2.25. The SMILES string of the molecule is C=CCn1nc(C(=O)N2CCCCCC2)c2c1CCC(NCc1ccncc1)C2. The number of amides is 1. The van der Waals surface area contributed by atoms with Crippen molar-refractivity contribution >= 4 is 5.91 Å². The van der Waals surface area contributed by atoms with Gasteiger partial charge in [-0.05, 0) is 49.8 Å². The molecule has 4 rings (SSSR count). The molecule has 6 nitrogen and oxygen atoms in total. The molecule has 0 radical (unpaired) electrons. The standard InChI is InChI=1S/C23H31N5O/c1-2-13-28-21-8-7-19(25-17-18-9-11-24-12-10-18)16-20(21)22(26-28)23(29)27-14-5-3-4-6-15-27/h2,9-12,19,25H,1,3-8,13-17H2. The van der Waals surface area contributed by atoms with Gasteiger partial charge in [0.25, 0.3) is 5.91 Å². The van der Waals surface area contributed by atoms with Crippen molar-refractivity contribution in [3.8, 4) is 0 Å². The minimum Gasteiger partial charge on any atom is -0.337 e. The van der Waals surface area contributed by atoms with E-state index >= 15 is 0 Å². The zero-order valence-electron chi connectivity index (χ0n) is 17.1. The summed E-state index contributed by atoms with van der Waals surface area (Å²) in [6.07, 6.45) is 13.0. The van der Waals surface area contributed by atoms with E-state index in [0.29, 0.717) is 18.3 Å². The molecule has 0 saturated carbocycles. The maximum atomic E-state index is 13.3. The molecular weight excluding hydrogens is 362 g/mol. The van der Waals surface area contributed by atoms with E-state index in [2.05, 4.69) is 16.9 Å². The highest BCUT2D eigenvalue weighted by atomic mass is 16.2. The molecule has 1 saturated heterocycles. The van der Waals surface area contributed by atoms with Crippen molar-refractivity contribution in [2.24, 2.45) is 0 Å². The predicted octanol–water partition coefficient (Wildman–Crippen LogP) is 3.13. The Labute approximate surface area is 173 Å². The monoisotopic (exact) mass is 393 g/mol. The van der Waals surface area contributed by atoms with Crippen LogP contribution in [0.1, 0.15) is 59.4 Å². The Hall–Kier alpha value is -2.47. The van der Waals surface area contributed by atoms with Crippen LogP contribution in [-0.4, -0.2) is 44.7 Å². The molecule has 0 spiro atoms. The van der Waals surface area contributed by atoms with Gasteiger partial charge >= 0.3 is 0 Å². The molecule has 29 heavy (non-hydrogen) atoms. The van der Waals surface area contributed by atoms with Crippen LogP contribution in [0, 0.1) is 0 Å². The van der Waals surface area contributed by atoms with Crippen LogP contribution < -0.4 is 5.32 Å². The number of nitrogens with zero attached hydrogens (tertiary/aromatic N) is 4. The number of fused-ring (bicyclic) bond motifs is 1. The van der Waals surface area contributed by atoms with E-state index in [1.165, 1.54) is 24.1 Å². The van der Waals surface area contributed by atoms with Gasteiger partial charge in [-0.25, -0.2) is 0 Å². The molecule has 6 heteroatoms. The second-order valence-electron chi connectivity index (χ2n) is 8.13. The van der Waals surface area contributed by atoms with E-state index in [9.17, 15) is 4.79 Å². The molecular formula is C23H31N5O. The highest BCUT2D eigenvalue weighted by Crippen LogP contribution is 2.27. The van der Waals surface area contributed by atoms with Crippen molar-refractivity contribution < 1.29 is 4.79 Å². The van der Waals surface area contributed by atoms with E-state index in [1.807, 2.05) is 40.2 Å². The first-order valence-electron chi connectivity index (χ1n) is 10.9. The molecule has 1 aliphatic heterocycles. The number of nitrogens with one attached hydrogen (secondary N) is 1. The quantitative estimate of drug-likeness (QED) is 0.766. The molecule has 1 N–H and O–H groups in total. The number of rotatable bonds is 6. The van der Waals surface area contributed by atoms with E-state index in [-0.39, 0.29) is 5.91 Å². The van der Waals surface area contributed by atoms with Crippen molar-refractivity contribution in [3.63, 3.8) is 0 Å². The number of likely N-dealkylation sites (tertiary alicyclic amines) is 1. The Balaban J connectivity index is 1.52. The summed E-state index contributed by atoms with van der Waals surface area (Å²) < 4.78 is 1.99. The minimum absolute atomic E-state index is 0.112. The summed E-state index contributed by atoms with van der Waals surface area (Å²) in [7, 11) is 0. The Morgan fingerprint density at radius 2 is 1.97 bits per heavy atom. The molecule has 3 heterocycles. The van der Waals surface area contributed by atoms with Gasteiger partial charge in [0.1, 0.15) is 0 Å². The van der Waals surface area contributed by atoms with Gasteiger partial charge in [-0.15, -0.1) is 6.58 Å². The summed E-state index contributed by atoms with van der Waals surface area (Å²) in [5, 5.41) is 8.42. The Morgan fingerprint density at radius 3 is 2.69 bits per heavy atom. The molecule has 1 fully saturated rings. The van der Waals surface area contributed by atoms with E-state index < -0.39 is 0 Å². The molecule has 1 unspecified atom stereocenters. The van der Waals surface area contributed by atoms with Crippen molar-refractivity contribution in [2.45, 2.75) is 64.1 Å². The third-order valence-corrected chi connectivity index (χ3v) is 6.09. The molecule has 2 aromatic heterocycles. The largest absolute Gasteiger partial charge is 0.337 e. The van der Waals surface area contributed by atoms with Gasteiger partial charge in [0.05, 0.1) is 6.54 Å². The van der Waals surface area contributed by atoms with Crippen LogP contribution in [0.2, 0.25) is 0 Å². The van der Waals surface area contributed by atoms with Crippen LogP contribution in [0.25, 0.3) is 0 Å². The first-order chi connectivity index (χ1) is 14.3. The summed E-state index contributed by atoms with van der Waals surface area (Å²) in [5.41, 5.74) is 4.25. The molecule has 2 aromatic rings. The van der Waals surface area contributed by atoms with E-state index in [0.717, 1.165) is 57.3 Å². The van der Waals surface area contributed by atoms with Gasteiger partial charge in [0.2, 0.25) is 0 Å². The predicted molar refractivity (Wildman–Crippen MR) is 114 cm³/mol. The molecule has 2 aliphatic rings. The van der Waals surface area contributed by atoms with Crippen LogP contribution >= 0.6 is 0 Å². The first kappa shape index (κ1) is 19.8. The second-order valence-corrected chi connectivity index (χ2v) is 8.13. The number of hydrogen-bond donors (Lipinski definition) is 1.